The van der Waals surface area contributed by atoms with Crippen LogP contribution in [0.1, 0.15) is 0 Å². The van der Waals surface area contributed by atoms with Gasteiger partial charge in [-0.25, -0.2) is 0 Å². The second-order valence-corrected chi connectivity index (χ2v) is 15.5. The number of phenols is 1. The summed E-state index contributed by atoms with van der Waals surface area (Å²) < 4.78 is 137. The first kappa shape index (κ1) is 35.6. The summed E-state index contributed by atoms with van der Waals surface area (Å²) in [6.07, 6.45) is 0. The number of azo groups is 1. The number of phenolic OH excluding ortho intramolecular Hbond substituents is 1. The fourth-order valence-corrected chi connectivity index (χ4v) is 7.50. The molecular formula is C24H18ClN7O13S4. The van der Waals surface area contributed by atoms with Crippen LogP contribution < -0.4 is 10.6 Å². The van der Waals surface area contributed by atoms with Crippen LogP contribution >= 0.6 is 11.6 Å². The summed E-state index contributed by atoms with van der Waals surface area (Å²) in [5.74, 6) is -1.54. The van der Waals surface area contributed by atoms with Gasteiger partial charge in [0.2, 0.25) is 17.2 Å². The highest BCUT2D eigenvalue weighted by Crippen LogP contribution is 2.46. The Labute approximate surface area is 280 Å². The van der Waals surface area contributed by atoms with Crippen molar-refractivity contribution in [3.63, 3.8) is 0 Å². The van der Waals surface area contributed by atoms with Gasteiger partial charge in [0, 0.05) is 23.2 Å². The van der Waals surface area contributed by atoms with Gasteiger partial charge >= 0.3 is 0 Å². The van der Waals surface area contributed by atoms with Crippen molar-refractivity contribution < 1.29 is 57.0 Å². The van der Waals surface area contributed by atoms with Crippen molar-refractivity contribution in [1.82, 2.24) is 15.0 Å². The molecule has 0 unspecified atom stereocenters. The normalized spacial score (nSPS) is 12.9. The average molecular weight is 776 g/mol. The first-order valence-electron chi connectivity index (χ1n) is 12.7. The molecule has 0 aliphatic heterocycles. The van der Waals surface area contributed by atoms with Gasteiger partial charge in [-0.2, -0.15) is 48.6 Å². The van der Waals surface area contributed by atoms with Crippen molar-refractivity contribution in [1.29, 1.82) is 0 Å². The van der Waals surface area contributed by atoms with Gasteiger partial charge in [-0.05, 0) is 47.3 Å². The molecule has 1 aromatic heterocycles. The lowest BCUT2D eigenvalue weighted by molar-refractivity contribution is 0.472. The minimum absolute atomic E-state index is 0.0705. The minimum atomic E-state index is -5.35. The van der Waals surface area contributed by atoms with E-state index in [9.17, 15) is 57.0 Å². The molecule has 4 aromatic carbocycles. The van der Waals surface area contributed by atoms with Crippen LogP contribution in [0.3, 0.4) is 0 Å². The quantitative estimate of drug-likeness (QED) is 0.0828. The van der Waals surface area contributed by atoms with Gasteiger partial charge in [0.1, 0.15) is 26.1 Å². The van der Waals surface area contributed by atoms with Gasteiger partial charge in [0.25, 0.3) is 40.5 Å². The summed E-state index contributed by atoms with van der Waals surface area (Å²) in [6, 6.07) is 7.03. The number of halogens is 1. The van der Waals surface area contributed by atoms with Gasteiger partial charge in [0.15, 0.2) is 5.75 Å². The Balaban J connectivity index is 1.83. The molecule has 0 fully saturated rings. The number of nitrogens with zero attached hydrogens (tertiary/aromatic N) is 5. The highest BCUT2D eigenvalue weighted by Gasteiger charge is 2.27. The Morgan fingerprint density at radius 3 is 1.96 bits per heavy atom. The molecule has 7 N–H and O–H groups in total. The molecule has 0 spiro atoms. The van der Waals surface area contributed by atoms with Crippen molar-refractivity contribution >= 4 is 103 Å². The molecule has 0 radical (unpaired) electrons. The first-order valence-corrected chi connectivity index (χ1v) is 18.8. The summed E-state index contributed by atoms with van der Waals surface area (Å²) in [5.41, 5.74) is -2.19. The van der Waals surface area contributed by atoms with E-state index >= 15 is 0 Å². The van der Waals surface area contributed by atoms with E-state index in [2.05, 4.69) is 35.8 Å². The van der Waals surface area contributed by atoms with Crippen molar-refractivity contribution in [2.45, 2.75) is 19.6 Å². The summed E-state index contributed by atoms with van der Waals surface area (Å²) in [6.45, 7) is 0. The standard InChI is InChI=1S/C24H18ClN7O13S4/c1-26-23-28-22(25)29-24(30-23)27-15-9-11(46(34,35)36)7-10-8-17(48(40,41)42)19(20(33)18(10)15)32-31-14-6-5-12-13(21(14)49(43,44)45)3-2-4-16(12)47(37,38)39/h2-9,33H,1H3,(H,34,35,36)(H,37,38,39)(H,40,41,42)(H,43,44,45)(H2,26,27,28,29,30). The molecule has 0 saturated heterocycles. The van der Waals surface area contributed by atoms with E-state index in [1.54, 1.807) is 0 Å². The van der Waals surface area contributed by atoms with Crippen LogP contribution in [0.5, 0.6) is 5.75 Å². The monoisotopic (exact) mass is 775 g/mol. The number of aromatic hydroxyl groups is 1. The minimum Gasteiger partial charge on any atom is -0.505 e. The molecule has 0 amide bonds. The van der Waals surface area contributed by atoms with E-state index in [1.807, 2.05) is 0 Å². The van der Waals surface area contributed by atoms with E-state index in [4.69, 9.17) is 11.6 Å². The van der Waals surface area contributed by atoms with Crippen LogP contribution in [0.25, 0.3) is 21.5 Å². The highest BCUT2D eigenvalue weighted by molar-refractivity contribution is 7.87. The molecular weight excluding hydrogens is 758 g/mol. The number of hydrogen-bond donors (Lipinski definition) is 7. The van der Waals surface area contributed by atoms with Gasteiger partial charge < -0.3 is 15.7 Å². The zero-order valence-corrected chi connectivity index (χ0v) is 27.9. The summed E-state index contributed by atoms with van der Waals surface area (Å²) >= 11 is 5.90. The Kier molecular flexibility index (Phi) is 8.98. The Bertz CT molecular complexity index is 2710. The van der Waals surface area contributed by atoms with Gasteiger partial charge in [-0.15, -0.1) is 10.2 Å². The van der Waals surface area contributed by atoms with Crippen LogP contribution in [0.2, 0.25) is 5.28 Å². The molecule has 0 aliphatic rings. The Hall–Kier alpha value is -4.66. The molecule has 0 bridgehead atoms. The number of hydrogen-bond acceptors (Lipinski definition) is 16. The van der Waals surface area contributed by atoms with Gasteiger partial charge in [-0.1, -0.05) is 18.2 Å². The molecule has 49 heavy (non-hydrogen) atoms. The molecule has 258 valence electrons. The SMILES string of the molecule is CNc1nc(Cl)nc(Nc2cc(S(=O)(=O)O)cc3cc(S(=O)(=O)O)c(N=Nc4ccc5c(S(=O)(=O)O)cccc5c4S(=O)(=O)O)c(O)c23)n1. The zero-order chi connectivity index (χ0) is 36.3. The van der Waals surface area contributed by atoms with Crippen LogP contribution in [-0.4, -0.2) is 79.0 Å². The van der Waals surface area contributed by atoms with Crippen molar-refractivity contribution in [2.75, 3.05) is 17.7 Å². The van der Waals surface area contributed by atoms with E-state index < -0.39 is 99.0 Å². The molecule has 0 atom stereocenters. The third-order valence-corrected chi connectivity index (χ3v) is 10.2. The van der Waals surface area contributed by atoms with E-state index in [0.29, 0.717) is 6.07 Å². The van der Waals surface area contributed by atoms with E-state index in [1.165, 1.54) is 7.05 Å². The average Bonchev–Trinajstić information content (AvgIpc) is 2.97. The first-order chi connectivity index (χ1) is 22.6. The maximum absolute atomic E-state index is 12.5. The van der Waals surface area contributed by atoms with E-state index in [0.717, 1.165) is 42.5 Å². The van der Waals surface area contributed by atoms with E-state index in [-0.39, 0.29) is 22.6 Å². The molecule has 0 aliphatic carbocycles. The maximum Gasteiger partial charge on any atom is 0.297 e. The smallest absolute Gasteiger partial charge is 0.297 e. The van der Waals surface area contributed by atoms with Crippen LogP contribution in [0, 0.1) is 0 Å². The lowest BCUT2D eigenvalue weighted by Crippen LogP contribution is -2.06. The van der Waals surface area contributed by atoms with Crippen molar-refractivity contribution in [3.05, 3.63) is 53.8 Å². The number of benzene rings is 4. The molecule has 25 heteroatoms. The zero-order valence-electron chi connectivity index (χ0n) is 23.9. The number of fused-ring (bicyclic) bond motifs is 2. The second kappa shape index (κ2) is 12.3. The number of aromatic nitrogens is 3. The predicted molar refractivity (Wildman–Crippen MR) is 171 cm³/mol. The fraction of sp³-hybridized carbons (Fsp3) is 0.0417. The third kappa shape index (κ3) is 7.21. The topological polar surface area (TPSA) is 325 Å². The van der Waals surface area contributed by atoms with Gasteiger partial charge in [0.05, 0.1) is 10.6 Å². The second-order valence-electron chi connectivity index (χ2n) is 9.63. The highest BCUT2D eigenvalue weighted by atomic mass is 35.5. The fourth-order valence-electron chi connectivity index (χ4n) is 4.61. The number of anilines is 3. The molecule has 0 saturated carbocycles. The largest absolute Gasteiger partial charge is 0.505 e. The molecule has 5 rings (SSSR count). The molecule has 1 heterocycles. The Morgan fingerprint density at radius 2 is 1.37 bits per heavy atom. The lowest BCUT2D eigenvalue weighted by atomic mass is 10.1. The summed E-state index contributed by atoms with van der Waals surface area (Å²) in [7, 11) is -19.1. The van der Waals surface area contributed by atoms with Crippen LogP contribution in [0.4, 0.5) is 29.0 Å². The Morgan fingerprint density at radius 1 is 0.714 bits per heavy atom. The van der Waals surface area contributed by atoms with Crippen LogP contribution in [0.15, 0.2) is 78.3 Å². The number of nitrogens with one attached hydrogen (secondary N) is 2. The summed E-state index contributed by atoms with van der Waals surface area (Å²) in [5, 5.41) is 21.8. The lowest BCUT2D eigenvalue weighted by Gasteiger charge is -2.15. The van der Waals surface area contributed by atoms with Crippen molar-refractivity contribution in [3.8, 4) is 5.75 Å². The molecule has 5 aromatic rings. The summed E-state index contributed by atoms with van der Waals surface area (Å²) in [4.78, 5) is 7.79. The van der Waals surface area contributed by atoms with Crippen LogP contribution in [-0.2, 0) is 40.5 Å². The maximum atomic E-state index is 12.5. The van der Waals surface area contributed by atoms with Gasteiger partial charge in [-0.3, -0.25) is 18.2 Å². The predicted octanol–water partition coefficient (Wildman–Crippen LogP) is 3.72. The molecule has 20 nitrogen and oxygen atoms in total. The third-order valence-electron chi connectivity index (χ3n) is 6.52. The van der Waals surface area contributed by atoms with Crippen molar-refractivity contribution in [2.24, 2.45) is 10.2 Å². The number of rotatable bonds is 9.